The minimum absolute atomic E-state index is 0.165. The van der Waals surface area contributed by atoms with Crippen LogP contribution >= 0.6 is 0 Å². The predicted octanol–water partition coefficient (Wildman–Crippen LogP) is 0.213. The van der Waals surface area contributed by atoms with Gasteiger partial charge in [0.15, 0.2) is 0 Å². The lowest BCUT2D eigenvalue weighted by Gasteiger charge is -2.04. The average molecular weight is 229 g/mol. The molecule has 0 aliphatic rings. The number of aromatic amines is 1. The fraction of sp³-hybridized carbons (Fsp3) is 0.167. The normalized spacial score (nSPS) is 9.76. The van der Waals surface area contributed by atoms with E-state index < -0.39 is 0 Å². The molecule has 1 heterocycles. The van der Waals surface area contributed by atoms with Crippen LogP contribution in [0.1, 0.15) is 11.1 Å². The molecule has 0 aliphatic heterocycles. The molecule has 0 bridgehead atoms. The molecule has 0 fully saturated rings. The number of hydrogen-bond donors (Lipinski definition) is 2. The summed E-state index contributed by atoms with van der Waals surface area (Å²) in [4.78, 5) is 11.4. The van der Waals surface area contributed by atoms with Gasteiger partial charge in [-0.05, 0) is 30.7 Å². The summed E-state index contributed by atoms with van der Waals surface area (Å²) in [6.07, 6.45) is 1.43. The Balaban J connectivity index is 2.46. The second-order valence-corrected chi connectivity index (χ2v) is 3.49. The van der Waals surface area contributed by atoms with Gasteiger partial charge in [0, 0.05) is 5.56 Å². The van der Waals surface area contributed by atoms with Crippen molar-refractivity contribution in [1.82, 2.24) is 14.8 Å². The van der Waals surface area contributed by atoms with Crippen molar-refractivity contribution in [2.24, 2.45) is 0 Å². The molecule has 17 heavy (non-hydrogen) atoms. The van der Waals surface area contributed by atoms with Crippen molar-refractivity contribution in [3.8, 4) is 17.5 Å². The number of aliphatic hydroxyl groups is 1. The van der Waals surface area contributed by atoms with Crippen molar-refractivity contribution in [1.29, 1.82) is 0 Å². The number of aryl methyl sites for hydroxylation is 1. The van der Waals surface area contributed by atoms with Gasteiger partial charge < -0.3 is 5.11 Å². The van der Waals surface area contributed by atoms with E-state index >= 15 is 0 Å². The fourth-order valence-electron chi connectivity index (χ4n) is 1.56. The molecule has 0 spiro atoms. The number of aromatic nitrogens is 3. The first-order chi connectivity index (χ1) is 8.22. The van der Waals surface area contributed by atoms with Gasteiger partial charge >= 0.3 is 5.69 Å². The Kier molecular flexibility index (Phi) is 3.08. The maximum atomic E-state index is 11.4. The summed E-state index contributed by atoms with van der Waals surface area (Å²) in [7, 11) is 0. The van der Waals surface area contributed by atoms with E-state index in [0.717, 1.165) is 16.8 Å². The van der Waals surface area contributed by atoms with Gasteiger partial charge in [-0.15, -0.1) is 0 Å². The number of rotatable bonds is 1. The van der Waals surface area contributed by atoms with Gasteiger partial charge in [0.05, 0.1) is 5.69 Å². The number of hydrogen-bond acceptors (Lipinski definition) is 3. The zero-order valence-electron chi connectivity index (χ0n) is 9.27. The zero-order chi connectivity index (χ0) is 12.3. The Labute approximate surface area is 97.7 Å². The Morgan fingerprint density at radius 2 is 2.35 bits per heavy atom. The van der Waals surface area contributed by atoms with Crippen LogP contribution in [-0.2, 0) is 0 Å². The van der Waals surface area contributed by atoms with Crippen LogP contribution in [0.3, 0.4) is 0 Å². The average Bonchev–Trinajstić information content (AvgIpc) is 2.73. The standard InChI is InChI=1S/C12H11N3O2/c1-9-7-10(3-2-6-16)4-5-11(9)15-8-13-14-12(15)17/h4-5,7-8,16H,6H2,1H3,(H,14,17). The molecule has 0 atom stereocenters. The van der Waals surface area contributed by atoms with Crippen molar-refractivity contribution < 1.29 is 5.11 Å². The third kappa shape index (κ3) is 2.27. The highest BCUT2D eigenvalue weighted by Gasteiger charge is 2.04. The summed E-state index contributed by atoms with van der Waals surface area (Å²) in [5, 5.41) is 14.6. The van der Waals surface area contributed by atoms with Gasteiger partial charge in [0.2, 0.25) is 0 Å². The van der Waals surface area contributed by atoms with E-state index in [1.807, 2.05) is 13.0 Å². The first-order valence-corrected chi connectivity index (χ1v) is 5.05. The van der Waals surface area contributed by atoms with Gasteiger partial charge in [0.1, 0.15) is 12.9 Å². The predicted molar refractivity (Wildman–Crippen MR) is 62.9 cm³/mol. The molecule has 0 saturated carbocycles. The summed E-state index contributed by atoms with van der Waals surface area (Å²) in [6, 6.07) is 5.45. The van der Waals surface area contributed by atoms with E-state index in [4.69, 9.17) is 5.11 Å². The van der Waals surface area contributed by atoms with Crippen molar-refractivity contribution in [3.63, 3.8) is 0 Å². The van der Waals surface area contributed by atoms with Gasteiger partial charge in [-0.2, -0.15) is 5.10 Å². The molecule has 2 N–H and O–H groups in total. The SMILES string of the molecule is Cc1cc(C#CCO)ccc1-n1cn[nH]c1=O. The van der Waals surface area contributed by atoms with Gasteiger partial charge in [-0.1, -0.05) is 11.8 Å². The largest absolute Gasteiger partial charge is 0.384 e. The van der Waals surface area contributed by atoms with E-state index in [1.54, 1.807) is 12.1 Å². The Morgan fingerprint density at radius 3 is 2.94 bits per heavy atom. The lowest BCUT2D eigenvalue weighted by atomic mass is 10.1. The molecule has 5 heteroatoms. The number of benzene rings is 1. The summed E-state index contributed by atoms with van der Waals surface area (Å²) < 4.78 is 1.43. The molecule has 0 saturated heterocycles. The second-order valence-electron chi connectivity index (χ2n) is 3.49. The van der Waals surface area contributed by atoms with Gasteiger partial charge in [-0.3, -0.25) is 0 Å². The van der Waals surface area contributed by atoms with E-state index in [2.05, 4.69) is 22.0 Å². The minimum Gasteiger partial charge on any atom is -0.384 e. The molecule has 0 unspecified atom stereocenters. The molecule has 86 valence electrons. The molecule has 5 nitrogen and oxygen atoms in total. The van der Waals surface area contributed by atoms with Crippen LogP contribution in [0.25, 0.3) is 5.69 Å². The maximum absolute atomic E-state index is 11.4. The van der Waals surface area contributed by atoms with Crippen LogP contribution in [0.4, 0.5) is 0 Å². The Hall–Kier alpha value is -2.32. The highest BCUT2D eigenvalue weighted by Crippen LogP contribution is 2.13. The summed E-state index contributed by atoms with van der Waals surface area (Å²) in [5.41, 5.74) is 2.20. The summed E-state index contributed by atoms with van der Waals surface area (Å²) in [6.45, 7) is 1.72. The lowest BCUT2D eigenvalue weighted by Crippen LogP contribution is -2.15. The fourth-order valence-corrected chi connectivity index (χ4v) is 1.56. The molecule has 2 rings (SSSR count). The van der Waals surface area contributed by atoms with Crippen molar-refractivity contribution >= 4 is 0 Å². The van der Waals surface area contributed by atoms with E-state index in [0.29, 0.717) is 0 Å². The van der Waals surface area contributed by atoms with Crippen LogP contribution in [0.15, 0.2) is 29.3 Å². The molecule has 0 radical (unpaired) electrons. The van der Waals surface area contributed by atoms with Crippen molar-refractivity contribution in [2.75, 3.05) is 6.61 Å². The van der Waals surface area contributed by atoms with E-state index in [-0.39, 0.29) is 12.3 Å². The molecular weight excluding hydrogens is 218 g/mol. The highest BCUT2D eigenvalue weighted by molar-refractivity contribution is 5.47. The van der Waals surface area contributed by atoms with Gasteiger partial charge in [-0.25, -0.2) is 14.5 Å². The molecule has 2 aromatic rings. The summed E-state index contributed by atoms with van der Waals surface area (Å²) in [5.74, 6) is 5.39. The van der Waals surface area contributed by atoms with E-state index in [9.17, 15) is 4.79 Å². The number of nitrogens with zero attached hydrogens (tertiary/aromatic N) is 2. The number of H-pyrrole nitrogens is 1. The Bertz CT molecular complexity index is 644. The molecule has 0 amide bonds. The Morgan fingerprint density at radius 1 is 1.53 bits per heavy atom. The zero-order valence-corrected chi connectivity index (χ0v) is 9.27. The number of nitrogens with one attached hydrogen (secondary N) is 1. The van der Waals surface area contributed by atoms with Crippen LogP contribution < -0.4 is 5.69 Å². The van der Waals surface area contributed by atoms with Gasteiger partial charge in [0.25, 0.3) is 0 Å². The quantitative estimate of drug-likeness (QED) is 0.687. The minimum atomic E-state index is -0.276. The first-order valence-electron chi connectivity index (χ1n) is 5.05. The van der Waals surface area contributed by atoms with Crippen molar-refractivity contribution in [3.05, 3.63) is 46.1 Å². The molecule has 1 aromatic carbocycles. The molecule has 1 aromatic heterocycles. The molecular formula is C12H11N3O2. The van der Waals surface area contributed by atoms with Crippen molar-refractivity contribution in [2.45, 2.75) is 6.92 Å². The van der Waals surface area contributed by atoms with Crippen LogP contribution in [0.5, 0.6) is 0 Å². The van der Waals surface area contributed by atoms with Crippen LogP contribution in [0.2, 0.25) is 0 Å². The lowest BCUT2D eigenvalue weighted by molar-refractivity contribution is 0.350. The van der Waals surface area contributed by atoms with Crippen LogP contribution in [-0.4, -0.2) is 26.5 Å². The maximum Gasteiger partial charge on any atom is 0.347 e. The second kappa shape index (κ2) is 4.68. The van der Waals surface area contributed by atoms with E-state index in [1.165, 1.54) is 10.9 Å². The number of aliphatic hydroxyl groups excluding tert-OH is 1. The summed E-state index contributed by atoms with van der Waals surface area (Å²) >= 11 is 0. The third-order valence-corrected chi connectivity index (χ3v) is 2.32. The highest BCUT2D eigenvalue weighted by atomic mass is 16.2. The van der Waals surface area contributed by atoms with Crippen LogP contribution in [0, 0.1) is 18.8 Å². The third-order valence-electron chi connectivity index (χ3n) is 2.32. The topological polar surface area (TPSA) is 70.9 Å². The monoisotopic (exact) mass is 229 g/mol. The molecule has 0 aliphatic carbocycles. The smallest absolute Gasteiger partial charge is 0.347 e. The first kappa shape index (κ1) is 11.2.